The largest absolute Gasteiger partial charge is 0.438 e. The second-order valence-corrected chi connectivity index (χ2v) is 7.85. The number of benzene rings is 1. The number of carbonyl (C=O) groups is 3. The second kappa shape index (κ2) is 6.33. The molecule has 12 heteroatoms. The maximum Gasteiger partial charge on any atom is 0.438 e. The van der Waals surface area contributed by atoms with Gasteiger partial charge in [-0.2, -0.15) is 13.2 Å². The van der Waals surface area contributed by atoms with Crippen LogP contribution >= 0.6 is 23.2 Å². The molecule has 1 N–H and O–H groups in total. The van der Waals surface area contributed by atoms with Crippen molar-refractivity contribution in [3.05, 3.63) is 28.0 Å². The normalized spacial score (nSPS) is 22.0. The summed E-state index contributed by atoms with van der Waals surface area (Å²) in [5.41, 5.74) is -3.25. The van der Waals surface area contributed by atoms with Gasteiger partial charge in [0.2, 0.25) is 11.8 Å². The molecule has 2 aromatic rings. The van der Waals surface area contributed by atoms with E-state index in [1.807, 2.05) is 5.32 Å². The summed E-state index contributed by atoms with van der Waals surface area (Å²) in [6.45, 7) is 1.27. The van der Waals surface area contributed by atoms with E-state index in [0.717, 1.165) is 0 Å². The molecule has 0 aliphatic carbocycles. The van der Waals surface area contributed by atoms with Crippen LogP contribution < -0.4 is 5.32 Å². The molecule has 1 aromatic carbocycles. The zero-order chi connectivity index (χ0) is 21.3. The SMILES string of the molecule is CC(=O)N1CC(C(=O)NC2(C(F)(F)F)C(=O)Cc3nc4cc(Cl)c(Cl)cc4n32)C1. The lowest BCUT2D eigenvalue weighted by Crippen LogP contribution is -2.66. The van der Waals surface area contributed by atoms with E-state index in [0.29, 0.717) is 4.57 Å². The monoisotopic (exact) mass is 448 g/mol. The Bertz CT molecular complexity index is 1080. The molecule has 1 fully saturated rings. The number of carbonyl (C=O) groups excluding carboxylic acids is 3. The highest BCUT2D eigenvalue weighted by atomic mass is 35.5. The summed E-state index contributed by atoms with van der Waals surface area (Å²) < 4.78 is 43.5. The van der Waals surface area contributed by atoms with Crippen molar-refractivity contribution in [1.29, 1.82) is 0 Å². The number of rotatable bonds is 2. The highest BCUT2D eigenvalue weighted by Crippen LogP contribution is 2.44. The van der Waals surface area contributed by atoms with Gasteiger partial charge in [0.1, 0.15) is 5.82 Å². The number of hydrogen-bond donors (Lipinski definition) is 1. The first-order chi connectivity index (χ1) is 13.5. The minimum Gasteiger partial charge on any atom is -0.341 e. The molecule has 4 rings (SSSR count). The molecular weight excluding hydrogens is 436 g/mol. The fraction of sp³-hybridized carbons (Fsp3) is 0.412. The summed E-state index contributed by atoms with van der Waals surface area (Å²) >= 11 is 11.9. The van der Waals surface area contributed by atoms with Crippen molar-refractivity contribution < 1.29 is 27.6 Å². The molecule has 1 aromatic heterocycles. The van der Waals surface area contributed by atoms with Crippen LogP contribution in [0.25, 0.3) is 11.0 Å². The standard InChI is InChI=1S/C17H13Cl2F3N4O3/c1-7(27)25-5-8(6-25)15(29)24-16(17(20,21)22)13(28)4-14-23-11-2-9(18)10(19)3-12(11)26(14)16/h2-3,8H,4-6H2,1H3,(H,24,29). The number of nitrogens with zero attached hydrogens (tertiary/aromatic N) is 3. The Morgan fingerprint density at radius 3 is 2.45 bits per heavy atom. The van der Waals surface area contributed by atoms with Crippen molar-refractivity contribution in [2.24, 2.45) is 5.92 Å². The van der Waals surface area contributed by atoms with Crippen LogP contribution in [0.3, 0.4) is 0 Å². The summed E-state index contributed by atoms with van der Waals surface area (Å²) in [6, 6.07) is 2.48. The number of amides is 2. The minimum absolute atomic E-state index is 0.0116. The van der Waals surface area contributed by atoms with Gasteiger partial charge in [0, 0.05) is 20.0 Å². The van der Waals surface area contributed by atoms with Crippen LogP contribution in [0.2, 0.25) is 10.0 Å². The number of nitrogens with one attached hydrogen (secondary N) is 1. The lowest BCUT2D eigenvalue weighted by molar-refractivity contribution is -0.219. The first-order valence-electron chi connectivity index (χ1n) is 8.50. The van der Waals surface area contributed by atoms with E-state index in [1.165, 1.54) is 24.0 Å². The van der Waals surface area contributed by atoms with Crippen LogP contribution in [0, 0.1) is 5.92 Å². The first-order valence-corrected chi connectivity index (χ1v) is 9.25. The molecule has 2 amide bonds. The van der Waals surface area contributed by atoms with Crippen molar-refractivity contribution in [3.63, 3.8) is 0 Å². The average molecular weight is 449 g/mol. The predicted molar refractivity (Wildman–Crippen MR) is 96.4 cm³/mol. The van der Waals surface area contributed by atoms with Gasteiger partial charge >= 0.3 is 6.18 Å². The van der Waals surface area contributed by atoms with Gasteiger partial charge in [-0.15, -0.1) is 0 Å². The Kier molecular flexibility index (Phi) is 4.36. The lowest BCUT2D eigenvalue weighted by Gasteiger charge is -2.40. The van der Waals surface area contributed by atoms with E-state index in [-0.39, 0.29) is 45.9 Å². The van der Waals surface area contributed by atoms with E-state index in [4.69, 9.17) is 23.2 Å². The quantitative estimate of drug-likeness (QED) is 0.763. The molecule has 7 nitrogen and oxygen atoms in total. The number of fused-ring (bicyclic) bond motifs is 3. The summed E-state index contributed by atoms with van der Waals surface area (Å²) in [4.78, 5) is 41.8. The van der Waals surface area contributed by atoms with Gasteiger partial charge in [0.15, 0.2) is 5.78 Å². The number of aromatic nitrogens is 2. The van der Waals surface area contributed by atoms with Gasteiger partial charge in [-0.25, -0.2) is 4.98 Å². The zero-order valence-electron chi connectivity index (χ0n) is 14.8. The van der Waals surface area contributed by atoms with Gasteiger partial charge in [-0.3, -0.25) is 19.0 Å². The molecule has 1 unspecified atom stereocenters. The Morgan fingerprint density at radius 1 is 1.24 bits per heavy atom. The second-order valence-electron chi connectivity index (χ2n) is 7.04. The number of imidazole rings is 1. The summed E-state index contributed by atoms with van der Waals surface area (Å²) in [5, 5.41) is 1.99. The molecular formula is C17H13Cl2F3N4O3. The van der Waals surface area contributed by atoms with Crippen molar-refractivity contribution in [2.45, 2.75) is 25.2 Å². The maximum atomic E-state index is 14.3. The first kappa shape index (κ1) is 20.0. The maximum absolute atomic E-state index is 14.3. The van der Waals surface area contributed by atoms with Crippen LogP contribution in [0.4, 0.5) is 13.2 Å². The average Bonchev–Trinajstić information content (AvgIpc) is 3.00. The highest BCUT2D eigenvalue weighted by molar-refractivity contribution is 6.42. The van der Waals surface area contributed by atoms with E-state index < -0.39 is 35.9 Å². The third-order valence-electron chi connectivity index (χ3n) is 5.24. The summed E-state index contributed by atoms with van der Waals surface area (Å²) in [5.74, 6) is -3.51. The number of alkyl halides is 3. The number of Topliss-reactive ketones (excluding diaryl/α,β-unsaturated/α-hetero) is 1. The molecule has 0 bridgehead atoms. The number of likely N-dealkylation sites (tertiary alicyclic amines) is 1. The van der Waals surface area contributed by atoms with Crippen LogP contribution in [-0.2, 0) is 26.5 Å². The van der Waals surface area contributed by atoms with Gasteiger partial charge in [0.05, 0.1) is 33.4 Å². The highest BCUT2D eigenvalue weighted by Gasteiger charge is 2.67. The molecule has 3 heterocycles. The van der Waals surface area contributed by atoms with Gasteiger partial charge in [-0.05, 0) is 12.1 Å². The van der Waals surface area contributed by atoms with Crippen LogP contribution in [0.1, 0.15) is 12.7 Å². The van der Waals surface area contributed by atoms with Gasteiger partial charge < -0.3 is 10.2 Å². The number of ketones is 1. The van der Waals surface area contributed by atoms with Crippen molar-refractivity contribution in [2.75, 3.05) is 13.1 Å². The Labute approximate surface area is 171 Å². The number of halogens is 5. The number of hydrogen-bond acceptors (Lipinski definition) is 4. The zero-order valence-corrected chi connectivity index (χ0v) is 16.3. The Hall–Kier alpha value is -2.33. The van der Waals surface area contributed by atoms with Crippen molar-refractivity contribution in [1.82, 2.24) is 19.8 Å². The smallest absolute Gasteiger partial charge is 0.341 e. The molecule has 0 saturated carbocycles. The van der Waals surface area contributed by atoms with Crippen LogP contribution in [0.5, 0.6) is 0 Å². The van der Waals surface area contributed by atoms with Crippen molar-refractivity contribution >= 4 is 51.8 Å². The third kappa shape index (κ3) is 2.80. The van der Waals surface area contributed by atoms with E-state index in [2.05, 4.69) is 4.98 Å². The van der Waals surface area contributed by atoms with Gasteiger partial charge in [0.25, 0.3) is 5.66 Å². The van der Waals surface area contributed by atoms with Crippen LogP contribution in [0.15, 0.2) is 12.1 Å². The Balaban J connectivity index is 1.80. The predicted octanol–water partition coefficient (Wildman–Crippen LogP) is 2.28. The molecule has 1 saturated heterocycles. The van der Waals surface area contributed by atoms with Crippen LogP contribution in [-0.4, -0.2) is 51.3 Å². The minimum atomic E-state index is -5.14. The molecule has 154 valence electrons. The van der Waals surface area contributed by atoms with Crippen molar-refractivity contribution in [3.8, 4) is 0 Å². The third-order valence-corrected chi connectivity index (χ3v) is 5.96. The van der Waals surface area contributed by atoms with Gasteiger partial charge in [-0.1, -0.05) is 23.2 Å². The molecule has 2 aliphatic heterocycles. The van der Waals surface area contributed by atoms with E-state index >= 15 is 0 Å². The Morgan fingerprint density at radius 2 is 1.86 bits per heavy atom. The van der Waals surface area contributed by atoms with E-state index in [1.54, 1.807) is 0 Å². The molecule has 2 aliphatic rings. The lowest BCUT2D eigenvalue weighted by atomic mass is 9.96. The fourth-order valence-corrected chi connectivity index (χ4v) is 3.99. The van der Waals surface area contributed by atoms with E-state index in [9.17, 15) is 27.6 Å². The fourth-order valence-electron chi connectivity index (χ4n) is 3.67. The topological polar surface area (TPSA) is 84.3 Å². The molecule has 29 heavy (non-hydrogen) atoms. The molecule has 0 radical (unpaired) electrons. The molecule has 1 atom stereocenters. The summed E-state index contributed by atoms with van der Waals surface area (Å²) in [7, 11) is 0. The summed E-state index contributed by atoms with van der Waals surface area (Å²) in [6.07, 6.45) is -5.76. The molecule has 0 spiro atoms.